The largest absolute Gasteiger partial charge is 0.353 e. The number of H-pyrrole nitrogens is 1. The van der Waals surface area contributed by atoms with Gasteiger partial charge in [0.25, 0.3) is 0 Å². The van der Waals surface area contributed by atoms with Gasteiger partial charge in [-0.1, -0.05) is 12.1 Å². The standard InChI is InChI=1S/C17H20N6/c1-22(17-19-14-7-2-3-8-15(14)20-17)13-6-5-11-23(12-13)16-9-4-10-18-21-16/h2-4,7-10,13H,5-6,11-12H2,1H3,(H,19,20). The minimum absolute atomic E-state index is 0.409. The monoisotopic (exact) mass is 308 g/mol. The van der Waals surface area contributed by atoms with Gasteiger partial charge in [0.1, 0.15) is 0 Å². The van der Waals surface area contributed by atoms with Crippen molar-refractivity contribution in [3.8, 4) is 0 Å². The zero-order valence-corrected chi connectivity index (χ0v) is 13.2. The number of likely N-dealkylation sites (N-methyl/N-ethyl adjacent to an activating group) is 1. The number of para-hydroxylation sites is 2. The lowest BCUT2D eigenvalue weighted by molar-refractivity contribution is 0.481. The second-order valence-electron chi connectivity index (χ2n) is 6.01. The average Bonchev–Trinajstić information content (AvgIpc) is 3.06. The van der Waals surface area contributed by atoms with E-state index in [1.54, 1.807) is 6.20 Å². The van der Waals surface area contributed by atoms with E-state index in [4.69, 9.17) is 4.98 Å². The molecule has 0 saturated carbocycles. The molecule has 118 valence electrons. The lowest BCUT2D eigenvalue weighted by atomic mass is 10.0. The fraction of sp³-hybridized carbons (Fsp3) is 0.353. The lowest BCUT2D eigenvalue weighted by Gasteiger charge is -2.37. The summed E-state index contributed by atoms with van der Waals surface area (Å²) in [5.74, 6) is 1.88. The number of aromatic nitrogens is 4. The number of hydrogen-bond acceptors (Lipinski definition) is 5. The van der Waals surface area contributed by atoms with Gasteiger partial charge in [-0.15, -0.1) is 5.10 Å². The summed E-state index contributed by atoms with van der Waals surface area (Å²) >= 11 is 0. The van der Waals surface area contributed by atoms with E-state index in [1.807, 2.05) is 30.3 Å². The van der Waals surface area contributed by atoms with Crippen molar-refractivity contribution < 1.29 is 0 Å². The quantitative estimate of drug-likeness (QED) is 0.805. The van der Waals surface area contributed by atoms with E-state index in [9.17, 15) is 0 Å². The van der Waals surface area contributed by atoms with Gasteiger partial charge >= 0.3 is 0 Å². The van der Waals surface area contributed by atoms with Crippen LogP contribution < -0.4 is 9.80 Å². The Labute approximate surface area is 135 Å². The zero-order chi connectivity index (χ0) is 15.6. The Kier molecular flexibility index (Phi) is 3.57. The molecule has 2 aromatic heterocycles. The van der Waals surface area contributed by atoms with E-state index < -0.39 is 0 Å². The van der Waals surface area contributed by atoms with E-state index in [1.165, 1.54) is 0 Å². The maximum Gasteiger partial charge on any atom is 0.203 e. The van der Waals surface area contributed by atoms with E-state index in [-0.39, 0.29) is 0 Å². The number of aromatic amines is 1. The maximum atomic E-state index is 4.71. The molecule has 3 heterocycles. The highest BCUT2D eigenvalue weighted by molar-refractivity contribution is 5.77. The van der Waals surface area contributed by atoms with E-state index in [2.05, 4.69) is 38.1 Å². The third-order valence-corrected chi connectivity index (χ3v) is 4.54. The van der Waals surface area contributed by atoms with Crippen LogP contribution in [0.4, 0.5) is 11.8 Å². The second kappa shape index (κ2) is 5.87. The van der Waals surface area contributed by atoms with Crippen LogP contribution >= 0.6 is 0 Å². The molecular formula is C17H20N6. The van der Waals surface area contributed by atoms with Crippen LogP contribution in [0.15, 0.2) is 42.6 Å². The van der Waals surface area contributed by atoms with Crippen molar-refractivity contribution in [2.24, 2.45) is 0 Å². The SMILES string of the molecule is CN(c1nc2ccccc2[nH]1)C1CCCN(c2cccnn2)C1. The highest BCUT2D eigenvalue weighted by Gasteiger charge is 2.25. The molecule has 0 radical (unpaired) electrons. The van der Waals surface area contributed by atoms with Crippen LogP contribution in [0.3, 0.4) is 0 Å². The number of nitrogens with zero attached hydrogens (tertiary/aromatic N) is 5. The molecule has 1 saturated heterocycles. The summed E-state index contributed by atoms with van der Waals surface area (Å²) in [6.45, 7) is 1.97. The number of fused-ring (bicyclic) bond motifs is 1. The predicted molar refractivity (Wildman–Crippen MR) is 91.8 cm³/mol. The molecule has 1 aliphatic rings. The van der Waals surface area contributed by atoms with Gasteiger partial charge in [-0.05, 0) is 37.1 Å². The third kappa shape index (κ3) is 2.72. The highest BCUT2D eigenvalue weighted by Crippen LogP contribution is 2.24. The van der Waals surface area contributed by atoms with Crippen LogP contribution in [-0.2, 0) is 0 Å². The summed E-state index contributed by atoms with van der Waals surface area (Å²) in [4.78, 5) is 12.7. The van der Waals surface area contributed by atoms with Gasteiger partial charge in [0, 0.05) is 32.4 Å². The summed E-state index contributed by atoms with van der Waals surface area (Å²) < 4.78 is 0. The van der Waals surface area contributed by atoms with Crippen LogP contribution in [0.5, 0.6) is 0 Å². The van der Waals surface area contributed by atoms with Crippen LogP contribution in [0.25, 0.3) is 11.0 Å². The lowest BCUT2D eigenvalue weighted by Crippen LogP contribution is -2.47. The molecule has 0 aliphatic carbocycles. The Bertz CT molecular complexity index is 751. The Balaban J connectivity index is 1.54. The van der Waals surface area contributed by atoms with E-state index in [0.29, 0.717) is 6.04 Å². The van der Waals surface area contributed by atoms with Gasteiger partial charge in [0.2, 0.25) is 5.95 Å². The Morgan fingerprint density at radius 3 is 2.96 bits per heavy atom. The van der Waals surface area contributed by atoms with Crippen molar-refractivity contribution in [3.63, 3.8) is 0 Å². The molecule has 1 atom stereocenters. The molecule has 0 bridgehead atoms. The highest BCUT2D eigenvalue weighted by atomic mass is 15.3. The Morgan fingerprint density at radius 1 is 1.22 bits per heavy atom. The summed E-state index contributed by atoms with van der Waals surface area (Å²) in [6, 6.07) is 12.5. The molecule has 6 nitrogen and oxygen atoms in total. The van der Waals surface area contributed by atoms with Crippen LogP contribution in [0.1, 0.15) is 12.8 Å². The normalized spacial score (nSPS) is 18.3. The van der Waals surface area contributed by atoms with E-state index in [0.717, 1.165) is 48.7 Å². The number of rotatable bonds is 3. The molecule has 1 aliphatic heterocycles. The zero-order valence-electron chi connectivity index (χ0n) is 13.2. The minimum Gasteiger partial charge on any atom is -0.353 e. The molecule has 23 heavy (non-hydrogen) atoms. The van der Waals surface area contributed by atoms with Gasteiger partial charge in [-0.2, -0.15) is 5.10 Å². The van der Waals surface area contributed by atoms with Gasteiger partial charge in [-0.25, -0.2) is 4.98 Å². The van der Waals surface area contributed by atoms with Crippen LogP contribution in [0, 0.1) is 0 Å². The first-order valence-electron chi connectivity index (χ1n) is 8.01. The number of anilines is 2. The van der Waals surface area contributed by atoms with Gasteiger partial charge < -0.3 is 14.8 Å². The van der Waals surface area contributed by atoms with Crippen molar-refractivity contribution in [1.29, 1.82) is 0 Å². The molecule has 6 heteroatoms. The molecule has 1 fully saturated rings. The summed E-state index contributed by atoms with van der Waals surface area (Å²) in [6.07, 6.45) is 4.02. The fourth-order valence-corrected chi connectivity index (χ4v) is 3.22. The number of imidazole rings is 1. The van der Waals surface area contributed by atoms with Gasteiger partial charge in [0.05, 0.1) is 11.0 Å². The molecular weight excluding hydrogens is 288 g/mol. The average molecular weight is 308 g/mol. The maximum absolute atomic E-state index is 4.71. The summed E-state index contributed by atoms with van der Waals surface area (Å²) in [7, 11) is 2.11. The topological polar surface area (TPSA) is 60.9 Å². The minimum atomic E-state index is 0.409. The van der Waals surface area contributed by atoms with E-state index >= 15 is 0 Å². The second-order valence-corrected chi connectivity index (χ2v) is 6.01. The summed E-state index contributed by atoms with van der Waals surface area (Å²) in [5.41, 5.74) is 2.09. The number of piperidine rings is 1. The van der Waals surface area contributed by atoms with Crippen molar-refractivity contribution in [1.82, 2.24) is 20.2 Å². The third-order valence-electron chi connectivity index (χ3n) is 4.54. The molecule has 1 unspecified atom stereocenters. The molecule has 3 aromatic rings. The van der Waals surface area contributed by atoms with Crippen molar-refractivity contribution in [3.05, 3.63) is 42.6 Å². The first-order valence-corrected chi connectivity index (χ1v) is 8.01. The number of hydrogen-bond donors (Lipinski definition) is 1. The molecule has 1 N–H and O–H groups in total. The van der Waals surface area contributed by atoms with Crippen LogP contribution in [0.2, 0.25) is 0 Å². The molecule has 0 amide bonds. The number of benzene rings is 1. The van der Waals surface area contributed by atoms with Crippen molar-refractivity contribution in [2.75, 3.05) is 29.9 Å². The van der Waals surface area contributed by atoms with Crippen molar-refractivity contribution in [2.45, 2.75) is 18.9 Å². The van der Waals surface area contributed by atoms with Gasteiger partial charge in [0.15, 0.2) is 5.82 Å². The molecule has 0 spiro atoms. The Hall–Kier alpha value is -2.63. The first-order chi connectivity index (χ1) is 11.3. The smallest absolute Gasteiger partial charge is 0.203 e. The van der Waals surface area contributed by atoms with Crippen molar-refractivity contribution >= 4 is 22.8 Å². The number of nitrogens with one attached hydrogen (secondary N) is 1. The molecule has 1 aromatic carbocycles. The van der Waals surface area contributed by atoms with Gasteiger partial charge in [-0.3, -0.25) is 0 Å². The molecule has 4 rings (SSSR count). The first kappa shape index (κ1) is 14.0. The fourth-order valence-electron chi connectivity index (χ4n) is 3.22. The van der Waals surface area contributed by atoms with Crippen LogP contribution in [-0.4, -0.2) is 46.3 Å². The predicted octanol–water partition coefficient (Wildman–Crippen LogP) is 2.46. The summed E-state index contributed by atoms with van der Waals surface area (Å²) in [5, 5.41) is 8.23. The Morgan fingerprint density at radius 2 is 2.13 bits per heavy atom.